The van der Waals surface area contributed by atoms with Crippen LogP contribution in [0.4, 0.5) is 0 Å². The number of carbonyl (C=O) groups excluding carboxylic acids is 2. The minimum Gasteiger partial charge on any atom is -0.357 e. The molecule has 0 aliphatic rings. The average molecular weight is 393 g/mol. The van der Waals surface area contributed by atoms with Crippen LogP contribution in [0.5, 0.6) is 0 Å². The normalized spacial score (nSPS) is 11.7. The van der Waals surface area contributed by atoms with Gasteiger partial charge in [-0.1, -0.05) is 59.6 Å². The van der Waals surface area contributed by atoms with Gasteiger partial charge in [0.15, 0.2) is 0 Å². The zero-order valence-corrected chi connectivity index (χ0v) is 16.3. The van der Waals surface area contributed by atoms with Crippen LogP contribution >= 0.6 is 23.2 Å². The van der Waals surface area contributed by atoms with Crippen LogP contribution < -0.4 is 5.32 Å². The van der Waals surface area contributed by atoms with E-state index in [1.807, 2.05) is 30.3 Å². The second-order valence-corrected chi connectivity index (χ2v) is 6.85. The van der Waals surface area contributed by atoms with Crippen LogP contribution in [0, 0.1) is 0 Å². The fourth-order valence-corrected chi connectivity index (χ4v) is 3.03. The molecule has 1 N–H and O–H groups in total. The topological polar surface area (TPSA) is 49.4 Å². The van der Waals surface area contributed by atoms with E-state index in [1.165, 1.54) is 0 Å². The van der Waals surface area contributed by atoms with Gasteiger partial charge in [0, 0.05) is 13.6 Å². The van der Waals surface area contributed by atoms with E-state index in [4.69, 9.17) is 23.2 Å². The Labute approximate surface area is 164 Å². The molecule has 0 saturated carbocycles. The highest BCUT2D eigenvalue weighted by Crippen LogP contribution is 2.23. The number of nitrogens with one attached hydrogen (secondary N) is 1. The van der Waals surface area contributed by atoms with Gasteiger partial charge in [-0.2, -0.15) is 0 Å². The summed E-state index contributed by atoms with van der Waals surface area (Å²) in [5, 5.41) is 3.46. The van der Waals surface area contributed by atoms with E-state index >= 15 is 0 Å². The molecule has 138 valence electrons. The van der Waals surface area contributed by atoms with E-state index in [0.29, 0.717) is 23.0 Å². The fraction of sp³-hybridized carbons (Fsp3) is 0.300. The van der Waals surface area contributed by atoms with Crippen LogP contribution in [0.15, 0.2) is 48.5 Å². The van der Waals surface area contributed by atoms with Gasteiger partial charge in [0.05, 0.1) is 16.5 Å². The SMILES string of the molecule is CNC(=O)[C@H](C)N(CCc1ccccc1)C(=O)Cc1ccc(Cl)c(Cl)c1. The molecular formula is C20H22Cl2N2O2. The molecule has 0 aromatic heterocycles. The number of rotatable bonds is 7. The van der Waals surface area contributed by atoms with Crippen LogP contribution in [0.3, 0.4) is 0 Å². The Bertz CT molecular complexity index is 766. The fourth-order valence-electron chi connectivity index (χ4n) is 2.70. The van der Waals surface area contributed by atoms with Crippen LogP contribution in [-0.4, -0.2) is 36.3 Å². The lowest BCUT2D eigenvalue weighted by Crippen LogP contribution is -2.48. The van der Waals surface area contributed by atoms with Crippen LogP contribution in [0.1, 0.15) is 18.1 Å². The van der Waals surface area contributed by atoms with Crippen molar-refractivity contribution in [2.24, 2.45) is 0 Å². The molecule has 6 heteroatoms. The molecule has 0 unspecified atom stereocenters. The molecular weight excluding hydrogens is 371 g/mol. The molecule has 26 heavy (non-hydrogen) atoms. The first-order valence-corrected chi connectivity index (χ1v) is 9.17. The van der Waals surface area contributed by atoms with E-state index in [1.54, 1.807) is 37.1 Å². The van der Waals surface area contributed by atoms with Crippen molar-refractivity contribution in [1.29, 1.82) is 0 Å². The molecule has 0 aliphatic heterocycles. The van der Waals surface area contributed by atoms with Gasteiger partial charge in [0.2, 0.25) is 11.8 Å². The molecule has 0 saturated heterocycles. The Balaban J connectivity index is 2.14. The smallest absolute Gasteiger partial charge is 0.242 e. The number of hydrogen-bond donors (Lipinski definition) is 1. The third-order valence-electron chi connectivity index (χ3n) is 4.24. The monoisotopic (exact) mass is 392 g/mol. The first kappa shape index (κ1) is 20.3. The number of amides is 2. The minimum atomic E-state index is -0.556. The van der Waals surface area contributed by atoms with E-state index in [2.05, 4.69) is 5.32 Å². The first-order valence-electron chi connectivity index (χ1n) is 8.41. The molecule has 0 radical (unpaired) electrons. The van der Waals surface area contributed by atoms with Crippen molar-refractivity contribution in [3.8, 4) is 0 Å². The highest BCUT2D eigenvalue weighted by molar-refractivity contribution is 6.42. The predicted molar refractivity (Wildman–Crippen MR) is 106 cm³/mol. The molecule has 0 bridgehead atoms. The molecule has 2 amide bonds. The predicted octanol–water partition coefficient (Wildman–Crippen LogP) is 3.74. The van der Waals surface area contributed by atoms with Crippen molar-refractivity contribution in [1.82, 2.24) is 10.2 Å². The summed E-state index contributed by atoms with van der Waals surface area (Å²) in [4.78, 5) is 26.5. The highest BCUT2D eigenvalue weighted by atomic mass is 35.5. The summed E-state index contributed by atoms with van der Waals surface area (Å²) < 4.78 is 0. The van der Waals surface area contributed by atoms with Gasteiger partial charge in [0.25, 0.3) is 0 Å². The van der Waals surface area contributed by atoms with Gasteiger partial charge in [-0.05, 0) is 36.6 Å². The van der Waals surface area contributed by atoms with Gasteiger partial charge in [-0.25, -0.2) is 0 Å². The minimum absolute atomic E-state index is 0.129. The number of likely N-dealkylation sites (N-methyl/N-ethyl adjacent to an activating group) is 1. The standard InChI is InChI=1S/C20H22Cl2N2O2/c1-14(20(26)23-2)24(11-10-15-6-4-3-5-7-15)19(25)13-16-8-9-17(21)18(22)12-16/h3-9,12,14H,10-11,13H2,1-2H3,(H,23,26)/t14-/m0/s1. The lowest BCUT2D eigenvalue weighted by Gasteiger charge is -2.28. The number of benzene rings is 2. The molecule has 4 nitrogen and oxygen atoms in total. The maximum absolute atomic E-state index is 12.9. The maximum Gasteiger partial charge on any atom is 0.242 e. The van der Waals surface area contributed by atoms with E-state index in [9.17, 15) is 9.59 Å². The summed E-state index contributed by atoms with van der Waals surface area (Å²) in [6, 6.07) is 14.4. The Hall–Kier alpha value is -2.04. The molecule has 0 fully saturated rings. The Morgan fingerprint density at radius 3 is 2.35 bits per heavy atom. The third kappa shape index (κ3) is 5.48. The zero-order chi connectivity index (χ0) is 19.1. The Morgan fingerprint density at radius 1 is 1.04 bits per heavy atom. The van der Waals surface area contributed by atoms with Crippen molar-refractivity contribution in [2.45, 2.75) is 25.8 Å². The van der Waals surface area contributed by atoms with Crippen molar-refractivity contribution >= 4 is 35.0 Å². The van der Waals surface area contributed by atoms with Crippen molar-refractivity contribution in [3.05, 3.63) is 69.7 Å². The van der Waals surface area contributed by atoms with Crippen molar-refractivity contribution in [2.75, 3.05) is 13.6 Å². The number of halogens is 2. The Morgan fingerprint density at radius 2 is 1.73 bits per heavy atom. The zero-order valence-electron chi connectivity index (χ0n) is 14.8. The van der Waals surface area contributed by atoms with E-state index < -0.39 is 6.04 Å². The molecule has 2 rings (SSSR count). The summed E-state index contributed by atoms with van der Waals surface area (Å²) in [5.74, 6) is -0.323. The summed E-state index contributed by atoms with van der Waals surface area (Å²) in [7, 11) is 1.57. The van der Waals surface area contributed by atoms with Gasteiger partial charge in [-0.3, -0.25) is 9.59 Å². The largest absolute Gasteiger partial charge is 0.357 e. The van der Waals surface area contributed by atoms with Gasteiger partial charge in [-0.15, -0.1) is 0 Å². The molecule has 2 aromatic rings. The second-order valence-electron chi connectivity index (χ2n) is 6.04. The number of carbonyl (C=O) groups is 2. The summed E-state index contributed by atoms with van der Waals surface area (Å²) in [6.07, 6.45) is 0.836. The molecule has 1 atom stereocenters. The number of nitrogens with zero attached hydrogens (tertiary/aromatic N) is 1. The molecule has 0 spiro atoms. The third-order valence-corrected chi connectivity index (χ3v) is 4.98. The van der Waals surface area contributed by atoms with Gasteiger partial charge < -0.3 is 10.2 Å². The van der Waals surface area contributed by atoms with Crippen molar-refractivity contribution < 1.29 is 9.59 Å². The molecule has 2 aromatic carbocycles. The van der Waals surface area contributed by atoms with Crippen LogP contribution in [0.2, 0.25) is 10.0 Å². The van der Waals surface area contributed by atoms with E-state index in [0.717, 1.165) is 11.1 Å². The second kappa shape index (κ2) is 9.60. The Kier molecular flexibility index (Phi) is 7.49. The average Bonchev–Trinajstić information content (AvgIpc) is 2.65. The maximum atomic E-state index is 12.9. The lowest BCUT2D eigenvalue weighted by atomic mass is 10.1. The van der Waals surface area contributed by atoms with Crippen LogP contribution in [-0.2, 0) is 22.4 Å². The quantitative estimate of drug-likeness (QED) is 0.779. The van der Waals surface area contributed by atoms with Crippen molar-refractivity contribution in [3.63, 3.8) is 0 Å². The highest BCUT2D eigenvalue weighted by Gasteiger charge is 2.25. The van der Waals surface area contributed by atoms with E-state index in [-0.39, 0.29) is 18.2 Å². The molecule has 0 aliphatic carbocycles. The summed E-state index contributed by atoms with van der Waals surface area (Å²) in [6.45, 7) is 2.19. The van der Waals surface area contributed by atoms with Crippen LogP contribution in [0.25, 0.3) is 0 Å². The molecule has 0 heterocycles. The van der Waals surface area contributed by atoms with Gasteiger partial charge >= 0.3 is 0 Å². The summed E-state index contributed by atoms with van der Waals surface area (Å²) >= 11 is 12.0. The number of hydrogen-bond acceptors (Lipinski definition) is 2. The summed E-state index contributed by atoms with van der Waals surface area (Å²) in [5.41, 5.74) is 1.88. The van der Waals surface area contributed by atoms with Gasteiger partial charge in [0.1, 0.15) is 6.04 Å². The first-order chi connectivity index (χ1) is 12.4. The lowest BCUT2D eigenvalue weighted by molar-refractivity contribution is -0.139.